The Morgan fingerprint density at radius 3 is 2.96 bits per heavy atom. The van der Waals surface area contributed by atoms with E-state index in [0.29, 0.717) is 6.41 Å². The fourth-order valence-corrected chi connectivity index (χ4v) is 3.80. The largest absolute Gasteiger partial charge is 0.477 e. The summed E-state index contributed by atoms with van der Waals surface area (Å²) in [7, 11) is 0. The number of aliphatic carboxylic acids is 1. The van der Waals surface area contributed by atoms with Crippen molar-refractivity contribution < 1.29 is 24.3 Å². The molecule has 136 valence electrons. The van der Waals surface area contributed by atoms with E-state index in [1.165, 1.54) is 29.0 Å². The molecule has 2 aliphatic heterocycles. The SMILES string of the molecule is O=CNN=CC1=C(C(=O)O)N2C(=O)C(NC(=O)Cn3cnnn3)[C@H]2SC1. The van der Waals surface area contributed by atoms with Gasteiger partial charge in [0.05, 0.1) is 6.21 Å². The second kappa shape index (κ2) is 7.30. The Bertz CT molecular complexity index is 807. The molecular weight excluding hydrogens is 368 g/mol. The van der Waals surface area contributed by atoms with E-state index in [1.54, 1.807) is 0 Å². The molecule has 1 aromatic heterocycles. The first-order valence-corrected chi connectivity index (χ1v) is 8.21. The number of amides is 3. The van der Waals surface area contributed by atoms with Gasteiger partial charge < -0.3 is 10.4 Å². The number of aromatic nitrogens is 4. The molecule has 0 saturated carbocycles. The summed E-state index contributed by atoms with van der Waals surface area (Å²) in [5, 5.41) is 25.3. The minimum Gasteiger partial charge on any atom is -0.477 e. The van der Waals surface area contributed by atoms with Crippen molar-refractivity contribution in [2.75, 3.05) is 5.75 Å². The van der Waals surface area contributed by atoms with Crippen LogP contribution in [0.5, 0.6) is 0 Å². The molecular formula is C12H12N8O5S. The maximum atomic E-state index is 12.4. The van der Waals surface area contributed by atoms with Crippen molar-refractivity contribution in [1.82, 2.24) is 35.8 Å². The van der Waals surface area contributed by atoms with Gasteiger partial charge in [0.2, 0.25) is 12.3 Å². The summed E-state index contributed by atoms with van der Waals surface area (Å²) in [6.45, 7) is -0.162. The number of carbonyl (C=O) groups is 4. The summed E-state index contributed by atoms with van der Waals surface area (Å²) in [5.41, 5.74) is 2.10. The molecule has 0 aromatic carbocycles. The Kier molecular flexibility index (Phi) is 4.92. The van der Waals surface area contributed by atoms with Crippen molar-refractivity contribution in [3.05, 3.63) is 17.6 Å². The summed E-state index contributed by atoms with van der Waals surface area (Å²) in [4.78, 5) is 47.2. The van der Waals surface area contributed by atoms with Crippen molar-refractivity contribution in [3.63, 3.8) is 0 Å². The molecule has 1 saturated heterocycles. The number of carbonyl (C=O) groups excluding carboxylic acids is 3. The molecule has 2 atom stereocenters. The third-order valence-electron chi connectivity index (χ3n) is 3.56. The maximum absolute atomic E-state index is 12.4. The van der Waals surface area contributed by atoms with Gasteiger partial charge in [0.1, 0.15) is 30.0 Å². The van der Waals surface area contributed by atoms with E-state index in [-0.39, 0.29) is 23.6 Å². The average molecular weight is 380 g/mol. The minimum absolute atomic E-state index is 0.162. The molecule has 14 heteroatoms. The number of fused-ring (bicyclic) bond motifs is 1. The summed E-state index contributed by atoms with van der Waals surface area (Å²) in [6.07, 6.45) is 2.77. The summed E-state index contributed by atoms with van der Waals surface area (Å²) in [5.74, 6) is -2.06. The van der Waals surface area contributed by atoms with Gasteiger partial charge in [-0.3, -0.25) is 19.3 Å². The Morgan fingerprint density at radius 2 is 2.31 bits per heavy atom. The number of carboxylic acids is 1. The molecule has 1 unspecified atom stereocenters. The predicted octanol–water partition coefficient (Wildman–Crippen LogP) is -2.86. The van der Waals surface area contributed by atoms with Crippen LogP contribution in [-0.4, -0.2) is 77.8 Å². The average Bonchev–Trinajstić information content (AvgIpc) is 3.12. The smallest absolute Gasteiger partial charge is 0.353 e. The van der Waals surface area contributed by atoms with Crippen LogP contribution in [0.25, 0.3) is 0 Å². The molecule has 2 aliphatic rings. The molecule has 0 radical (unpaired) electrons. The van der Waals surface area contributed by atoms with E-state index < -0.39 is 29.2 Å². The topological polar surface area (TPSA) is 172 Å². The van der Waals surface area contributed by atoms with Crippen molar-refractivity contribution in [2.24, 2.45) is 5.10 Å². The third-order valence-corrected chi connectivity index (χ3v) is 4.86. The fourth-order valence-electron chi connectivity index (χ4n) is 2.51. The van der Waals surface area contributed by atoms with Gasteiger partial charge in [-0.15, -0.1) is 16.9 Å². The maximum Gasteiger partial charge on any atom is 0.353 e. The lowest BCUT2D eigenvalue weighted by Gasteiger charge is -2.49. The zero-order valence-corrected chi connectivity index (χ0v) is 13.8. The second-order valence-corrected chi connectivity index (χ2v) is 6.25. The zero-order chi connectivity index (χ0) is 18.7. The molecule has 26 heavy (non-hydrogen) atoms. The summed E-state index contributed by atoms with van der Waals surface area (Å²) < 4.78 is 1.20. The first-order chi connectivity index (χ1) is 12.5. The predicted molar refractivity (Wildman–Crippen MR) is 85.2 cm³/mol. The standard InChI is InChI=1S/C12H12N8O5S/c21-5-15-13-1-6-3-26-11-8(10(23)20(11)9(6)12(24)25)16-7(22)2-19-4-14-17-18-19/h1,4-5,8,11H,2-3H2,(H,15,21)(H,16,22)(H,24,25)/t8?,11-/m1/s1. The number of rotatable bonds is 7. The molecule has 1 aromatic rings. The Labute approximate surface area is 149 Å². The molecule has 3 rings (SSSR count). The van der Waals surface area contributed by atoms with Gasteiger partial charge in [-0.2, -0.15) is 5.10 Å². The van der Waals surface area contributed by atoms with Crippen LogP contribution in [0.4, 0.5) is 0 Å². The minimum atomic E-state index is -1.30. The van der Waals surface area contributed by atoms with Crippen LogP contribution in [0.3, 0.4) is 0 Å². The highest BCUT2D eigenvalue weighted by Crippen LogP contribution is 2.39. The monoisotopic (exact) mass is 380 g/mol. The molecule has 13 nitrogen and oxygen atoms in total. The lowest BCUT2D eigenvalue weighted by molar-refractivity contribution is -0.150. The highest BCUT2D eigenvalue weighted by atomic mass is 32.2. The van der Waals surface area contributed by atoms with E-state index in [4.69, 9.17) is 0 Å². The highest BCUT2D eigenvalue weighted by molar-refractivity contribution is 8.00. The van der Waals surface area contributed by atoms with Gasteiger partial charge in [0, 0.05) is 11.3 Å². The van der Waals surface area contributed by atoms with Crippen molar-refractivity contribution >= 4 is 42.2 Å². The van der Waals surface area contributed by atoms with E-state index >= 15 is 0 Å². The van der Waals surface area contributed by atoms with E-state index in [0.717, 1.165) is 4.90 Å². The normalized spacial score (nSPS) is 22.0. The van der Waals surface area contributed by atoms with E-state index in [2.05, 4.69) is 25.9 Å². The molecule has 3 heterocycles. The molecule has 0 spiro atoms. The van der Waals surface area contributed by atoms with Gasteiger partial charge in [0.15, 0.2) is 0 Å². The number of tetrazole rings is 1. The van der Waals surface area contributed by atoms with Gasteiger partial charge in [0.25, 0.3) is 5.91 Å². The van der Waals surface area contributed by atoms with Crippen molar-refractivity contribution in [1.29, 1.82) is 0 Å². The zero-order valence-electron chi connectivity index (χ0n) is 13.0. The Balaban J connectivity index is 1.71. The van der Waals surface area contributed by atoms with Gasteiger partial charge in [-0.05, 0) is 10.4 Å². The number of hydrogen-bond acceptors (Lipinski definition) is 9. The first kappa shape index (κ1) is 17.5. The molecule has 0 bridgehead atoms. The number of carboxylic acid groups (broad SMARTS) is 1. The number of thioether (sulfide) groups is 1. The molecule has 3 amide bonds. The van der Waals surface area contributed by atoms with Crippen LogP contribution in [0.1, 0.15) is 0 Å². The molecule has 0 aliphatic carbocycles. The fraction of sp³-hybridized carbons (Fsp3) is 0.333. The molecule has 1 fully saturated rings. The van der Waals surface area contributed by atoms with Crippen LogP contribution in [0.15, 0.2) is 22.7 Å². The number of β-lactam (4-membered cyclic amide) rings is 1. The highest BCUT2D eigenvalue weighted by Gasteiger charge is 2.54. The van der Waals surface area contributed by atoms with Gasteiger partial charge in [-0.1, -0.05) is 0 Å². The van der Waals surface area contributed by atoms with E-state index in [9.17, 15) is 24.3 Å². The summed E-state index contributed by atoms with van der Waals surface area (Å²) >= 11 is 1.28. The first-order valence-electron chi connectivity index (χ1n) is 7.16. The number of hydrazone groups is 1. The molecule has 3 N–H and O–H groups in total. The van der Waals surface area contributed by atoms with Gasteiger partial charge in [-0.25, -0.2) is 14.9 Å². The summed E-state index contributed by atoms with van der Waals surface area (Å²) in [6, 6.07) is -0.843. The van der Waals surface area contributed by atoms with Crippen molar-refractivity contribution in [2.45, 2.75) is 18.0 Å². The van der Waals surface area contributed by atoms with Gasteiger partial charge >= 0.3 is 5.97 Å². The Hall–Kier alpha value is -3.29. The van der Waals surface area contributed by atoms with Crippen LogP contribution in [-0.2, 0) is 25.7 Å². The quantitative estimate of drug-likeness (QED) is 0.195. The van der Waals surface area contributed by atoms with Crippen LogP contribution in [0, 0.1) is 0 Å². The number of nitrogens with one attached hydrogen (secondary N) is 2. The lowest BCUT2D eigenvalue weighted by atomic mass is 10.0. The number of nitrogens with zero attached hydrogens (tertiary/aromatic N) is 6. The van der Waals surface area contributed by atoms with Crippen molar-refractivity contribution in [3.8, 4) is 0 Å². The second-order valence-electron chi connectivity index (χ2n) is 5.15. The van der Waals surface area contributed by atoms with Crippen LogP contribution < -0.4 is 10.7 Å². The lowest BCUT2D eigenvalue weighted by Crippen LogP contribution is -2.70. The van der Waals surface area contributed by atoms with E-state index in [1.807, 2.05) is 5.43 Å². The number of hydrogen-bond donors (Lipinski definition) is 3. The Morgan fingerprint density at radius 1 is 1.50 bits per heavy atom. The van der Waals surface area contributed by atoms with Crippen LogP contribution >= 0.6 is 11.8 Å². The third kappa shape index (κ3) is 3.26. The van der Waals surface area contributed by atoms with Crippen LogP contribution in [0.2, 0.25) is 0 Å².